The highest BCUT2D eigenvalue weighted by atomic mass is 79.9. The Hall–Kier alpha value is 0.140. The molecule has 17 heavy (non-hydrogen) atoms. The predicted octanol–water partition coefficient (Wildman–Crippen LogP) is 4.35. The normalized spacial score (nSPS) is 33.9. The number of thiophene rings is 1. The Labute approximate surface area is 116 Å². The van der Waals surface area contributed by atoms with Crippen molar-refractivity contribution >= 4 is 27.3 Å². The van der Waals surface area contributed by atoms with Crippen molar-refractivity contribution in [2.75, 3.05) is 0 Å². The molecule has 2 aliphatic rings. The molecular formula is C14H20BrNS. The molecule has 0 spiro atoms. The van der Waals surface area contributed by atoms with Crippen LogP contribution in [0, 0.1) is 11.8 Å². The van der Waals surface area contributed by atoms with Crippen molar-refractivity contribution < 1.29 is 0 Å². The lowest BCUT2D eigenvalue weighted by molar-refractivity contribution is 0.205. The third-order valence-corrected chi connectivity index (χ3v) is 6.05. The molecule has 1 nitrogen and oxygen atoms in total. The summed E-state index contributed by atoms with van der Waals surface area (Å²) in [5.74, 6) is 1.95. The molecule has 0 radical (unpaired) electrons. The van der Waals surface area contributed by atoms with Gasteiger partial charge in [0.1, 0.15) is 0 Å². The first-order valence-corrected chi connectivity index (χ1v) is 8.34. The standard InChI is InChI=1S/C14H20BrNS/c15-12-6-13(17-9-12)8-14(16)5-1-2-11(7-14)10-3-4-10/h6,9-11H,1-5,7-8,16H2. The average molecular weight is 314 g/mol. The second-order valence-corrected chi connectivity index (χ2v) is 7.88. The summed E-state index contributed by atoms with van der Waals surface area (Å²) in [6.45, 7) is 0. The lowest BCUT2D eigenvalue weighted by Crippen LogP contribution is -2.46. The molecule has 2 aliphatic carbocycles. The van der Waals surface area contributed by atoms with Crippen LogP contribution in [0.25, 0.3) is 0 Å². The fraction of sp³-hybridized carbons (Fsp3) is 0.714. The Morgan fingerprint density at radius 1 is 1.35 bits per heavy atom. The Morgan fingerprint density at radius 3 is 2.82 bits per heavy atom. The molecule has 3 rings (SSSR count). The molecule has 3 heteroatoms. The van der Waals surface area contributed by atoms with Gasteiger partial charge in [0.15, 0.2) is 0 Å². The summed E-state index contributed by atoms with van der Waals surface area (Å²) >= 11 is 5.37. The molecule has 1 heterocycles. The molecule has 94 valence electrons. The fourth-order valence-electron chi connectivity index (χ4n) is 3.37. The zero-order valence-corrected chi connectivity index (χ0v) is 12.5. The molecule has 2 saturated carbocycles. The van der Waals surface area contributed by atoms with Crippen molar-refractivity contribution in [3.63, 3.8) is 0 Å². The zero-order chi connectivity index (χ0) is 11.9. The maximum Gasteiger partial charge on any atom is 0.0285 e. The summed E-state index contributed by atoms with van der Waals surface area (Å²) in [4.78, 5) is 1.44. The highest BCUT2D eigenvalue weighted by Crippen LogP contribution is 2.46. The van der Waals surface area contributed by atoms with Crippen molar-refractivity contribution in [2.45, 2.75) is 50.5 Å². The second kappa shape index (κ2) is 4.67. The minimum absolute atomic E-state index is 0.0792. The van der Waals surface area contributed by atoms with Gasteiger partial charge in [0.2, 0.25) is 0 Å². The molecule has 1 aromatic heterocycles. The summed E-state index contributed by atoms with van der Waals surface area (Å²) in [5.41, 5.74) is 6.73. The quantitative estimate of drug-likeness (QED) is 0.882. The van der Waals surface area contributed by atoms with Gasteiger partial charge in [-0.25, -0.2) is 0 Å². The molecule has 0 saturated heterocycles. The van der Waals surface area contributed by atoms with Crippen LogP contribution >= 0.6 is 27.3 Å². The van der Waals surface area contributed by atoms with Gasteiger partial charge in [-0.2, -0.15) is 0 Å². The minimum atomic E-state index is 0.0792. The van der Waals surface area contributed by atoms with E-state index in [2.05, 4.69) is 27.4 Å². The zero-order valence-electron chi connectivity index (χ0n) is 10.1. The van der Waals surface area contributed by atoms with Crippen LogP contribution in [-0.2, 0) is 6.42 Å². The summed E-state index contributed by atoms with van der Waals surface area (Å²) in [6.07, 6.45) is 9.24. The number of hydrogen-bond acceptors (Lipinski definition) is 2. The van der Waals surface area contributed by atoms with E-state index >= 15 is 0 Å². The van der Waals surface area contributed by atoms with Crippen molar-refractivity contribution in [3.8, 4) is 0 Å². The highest BCUT2D eigenvalue weighted by Gasteiger charge is 2.40. The SMILES string of the molecule is NC1(Cc2cc(Br)cs2)CCCC(C2CC2)C1. The molecule has 0 bridgehead atoms. The van der Waals surface area contributed by atoms with Crippen molar-refractivity contribution in [2.24, 2.45) is 17.6 Å². The maximum absolute atomic E-state index is 6.65. The maximum atomic E-state index is 6.65. The molecule has 2 atom stereocenters. The van der Waals surface area contributed by atoms with E-state index in [-0.39, 0.29) is 5.54 Å². The summed E-state index contributed by atoms with van der Waals surface area (Å²) in [5, 5.41) is 2.17. The van der Waals surface area contributed by atoms with Crippen molar-refractivity contribution in [3.05, 3.63) is 20.8 Å². The molecule has 0 aliphatic heterocycles. The largest absolute Gasteiger partial charge is 0.325 e. The van der Waals surface area contributed by atoms with E-state index in [9.17, 15) is 0 Å². The summed E-state index contributed by atoms with van der Waals surface area (Å²) < 4.78 is 1.20. The summed E-state index contributed by atoms with van der Waals surface area (Å²) in [7, 11) is 0. The first kappa shape index (κ1) is 12.2. The summed E-state index contributed by atoms with van der Waals surface area (Å²) in [6, 6.07) is 2.24. The lowest BCUT2D eigenvalue weighted by Gasteiger charge is -2.38. The van der Waals surface area contributed by atoms with E-state index in [1.807, 2.05) is 11.3 Å². The number of halogens is 1. The topological polar surface area (TPSA) is 26.0 Å². The number of rotatable bonds is 3. The van der Waals surface area contributed by atoms with Crippen LogP contribution < -0.4 is 5.73 Å². The fourth-order valence-corrected chi connectivity index (χ4v) is 4.97. The van der Waals surface area contributed by atoms with Gasteiger partial charge >= 0.3 is 0 Å². The number of hydrogen-bond donors (Lipinski definition) is 1. The van der Waals surface area contributed by atoms with Gasteiger partial charge in [0.05, 0.1) is 0 Å². The van der Waals surface area contributed by atoms with Crippen LogP contribution in [0.1, 0.15) is 43.4 Å². The Balaban J connectivity index is 1.67. The van der Waals surface area contributed by atoms with Gasteiger partial charge in [-0.15, -0.1) is 11.3 Å². The smallest absolute Gasteiger partial charge is 0.0285 e. The molecule has 1 aromatic rings. The Bertz CT molecular complexity index is 399. The van der Waals surface area contributed by atoms with Gasteiger partial charge in [0.25, 0.3) is 0 Å². The molecule has 2 unspecified atom stereocenters. The van der Waals surface area contributed by atoms with Crippen molar-refractivity contribution in [1.29, 1.82) is 0 Å². The minimum Gasteiger partial charge on any atom is -0.325 e. The first-order valence-electron chi connectivity index (χ1n) is 6.66. The van der Waals surface area contributed by atoms with E-state index < -0.39 is 0 Å². The molecule has 2 N–H and O–H groups in total. The van der Waals surface area contributed by atoms with Gasteiger partial charge in [0, 0.05) is 20.3 Å². The molecular weight excluding hydrogens is 294 g/mol. The van der Waals surface area contributed by atoms with E-state index in [1.165, 1.54) is 47.9 Å². The van der Waals surface area contributed by atoms with Crippen LogP contribution in [-0.4, -0.2) is 5.54 Å². The predicted molar refractivity (Wildman–Crippen MR) is 77.3 cm³/mol. The van der Waals surface area contributed by atoms with Gasteiger partial charge in [-0.3, -0.25) is 0 Å². The van der Waals surface area contributed by atoms with Crippen LogP contribution in [0.15, 0.2) is 15.9 Å². The highest BCUT2D eigenvalue weighted by molar-refractivity contribution is 9.10. The van der Waals surface area contributed by atoms with E-state index in [0.29, 0.717) is 0 Å². The van der Waals surface area contributed by atoms with Gasteiger partial charge in [-0.1, -0.05) is 12.8 Å². The average Bonchev–Trinajstić information content (AvgIpc) is 3.04. The molecule has 0 amide bonds. The van der Waals surface area contributed by atoms with Gasteiger partial charge < -0.3 is 5.73 Å². The van der Waals surface area contributed by atoms with Crippen LogP contribution in [0.3, 0.4) is 0 Å². The van der Waals surface area contributed by atoms with Crippen LogP contribution in [0.5, 0.6) is 0 Å². The number of nitrogens with two attached hydrogens (primary N) is 1. The lowest BCUT2D eigenvalue weighted by atomic mass is 9.72. The second-order valence-electron chi connectivity index (χ2n) is 5.96. The Morgan fingerprint density at radius 2 is 2.18 bits per heavy atom. The van der Waals surface area contributed by atoms with Crippen molar-refractivity contribution in [1.82, 2.24) is 0 Å². The Kier molecular flexibility index (Phi) is 3.35. The van der Waals surface area contributed by atoms with E-state index in [4.69, 9.17) is 5.73 Å². The third kappa shape index (κ3) is 2.94. The van der Waals surface area contributed by atoms with Crippen LogP contribution in [0.2, 0.25) is 0 Å². The monoisotopic (exact) mass is 313 g/mol. The molecule has 0 aromatic carbocycles. The third-order valence-electron chi connectivity index (χ3n) is 4.36. The molecule has 2 fully saturated rings. The first-order chi connectivity index (χ1) is 8.15. The van der Waals surface area contributed by atoms with Gasteiger partial charge in [-0.05, 0) is 65.9 Å². The van der Waals surface area contributed by atoms with E-state index in [1.54, 1.807) is 0 Å². The van der Waals surface area contributed by atoms with E-state index in [0.717, 1.165) is 18.3 Å². The van der Waals surface area contributed by atoms with Crippen LogP contribution in [0.4, 0.5) is 0 Å².